The Hall–Kier alpha value is -3.33. The molecular formula is C21H23N3O5. The number of benzene rings is 1. The van der Waals surface area contributed by atoms with Gasteiger partial charge in [0.2, 0.25) is 0 Å². The van der Waals surface area contributed by atoms with Crippen molar-refractivity contribution in [2.75, 3.05) is 13.7 Å². The molecule has 0 bridgehead atoms. The summed E-state index contributed by atoms with van der Waals surface area (Å²) in [7, 11) is 1.31. The van der Waals surface area contributed by atoms with E-state index in [1.54, 1.807) is 12.1 Å². The lowest BCUT2D eigenvalue weighted by atomic mass is 9.76. The summed E-state index contributed by atoms with van der Waals surface area (Å²) < 4.78 is 0. The van der Waals surface area contributed by atoms with Crippen LogP contribution in [0.2, 0.25) is 0 Å². The van der Waals surface area contributed by atoms with Crippen molar-refractivity contribution in [3.05, 3.63) is 35.4 Å². The van der Waals surface area contributed by atoms with Crippen molar-refractivity contribution < 1.29 is 24.7 Å². The summed E-state index contributed by atoms with van der Waals surface area (Å²) in [6.07, 6.45) is 1.80. The molecule has 0 spiro atoms. The first-order chi connectivity index (χ1) is 13.8. The second-order valence-corrected chi connectivity index (χ2v) is 6.91. The van der Waals surface area contributed by atoms with E-state index in [1.165, 1.54) is 31.6 Å². The Balaban J connectivity index is 2.02. The van der Waals surface area contributed by atoms with Gasteiger partial charge in [-0.25, -0.2) is 5.48 Å². The smallest absolute Gasteiger partial charge is 0.278 e. The van der Waals surface area contributed by atoms with Crippen LogP contribution in [0.5, 0.6) is 0 Å². The summed E-state index contributed by atoms with van der Waals surface area (Å²) in [5.41, 5.74) is 0.266. The van der Waals surface area contributed by atoms with Gasteiger partial charge in [0.15, 0.2) is 5.54 Å². The first-order valence-corrected chi connectivity index (χ1v) is 9.05. The van der Waals surface area contributed by atoms with Gasteiger partial charge in [-0.1, -0.05) is 11.8 Å². The van der Waals surface area contributed by atoms with Gasteiger partial charge >= 0.3 is 0 Å². The summed E-state index contributed by atoms with van der Waals surface area (Å²) in [6, 6.07) is 6.26. The second-order valence-electron chi connectivity index (χ2n) is 6.91. The number of carbonyl (C=O) groups excluding carboxylic acids is 3. The van der Waals surface area contributed by atoms with Crippen LogP contribution in [0.25, 0.3) is 0 Å². The Kier molecular flexibility index (Phi) is 7.38. The number of likely N-dealkylation sites (N-methyl/N-ethyl adjacent to an activating group) is 1. The van der Waals surface area contributed by atoms with Crippen LogP contribution in [0.4, 0.5) is 0 Å². The molecule has 0 radical (unpaired) electrons. The monoisotopic (exact) mass is 397 g/mol. The van der Waals surface area contributed by atoms with Gasteiger partial charge in [0, 0.05) is 30.7 Å². The lowest BCUT2D eigenvalue weighted by molar-refractivity contribution is -0.143. The third kappa shape index (κ3) is 5.35. The number of aliphatic hydroxyl groups is 1. The van der Waals surface area contributed by atoms with Gasteiger partial charge in [0.05, 0.1) is 0 Å². The Morgan fingerprint density at radius 1 is 1.14 bits per heavy atom. The van der Waals surface area contributed by atoms with Crippen molar-refractivity contribution >= 4 is 17.7 Å². The zero-order valence-corrected chi connectivity index (χ0v) is 16.2. The minimum absolute atomic E-state index is 0.205. The van der Waals surface area contributed by atoms with Gasteiger partial charge in [-0.05, 0) is 61.8 Å². The molecule has 1 aliphatic rings. The van der Waals surface area contributed by atoms with Crippen LogP contribution in [-0.4, -0.2) is 47.2 Å². The van der Waals surface area contributed by atoms with Crippen LogP contribution in [0.3, 0.4) is 0 Å². The summed E-state index contributed by atoms with van der Waals surface area (Å²) in [4.78, 5) is 36.2. The molecule has 8 nitrogen and oxygen atoms in total. The van der Waals surface area contributed by atoms with Gasteiger partial charge in [0.1, 0.15) is 0 Å². The molecule has 1 aromatic rings. The predicted octanol–water partition coefficient (Wildman–Crippen LogP) is -0.200. The maximum Gasteiger partial charge on any atom is 0.278 e. The van der Waals surface area contributed by atoms with Gasteiger partial charge in [0.25, 0.3) is 17.7 Å². The van der Waals surface area contributed by atoms with Crippen LogP contribution < -0.4 is 16.1 Å². The molecule has 0 aromatic heterocycles. The topological polar surface area (TPSA) is 128 Å². The van der Waals surface area contributed by atoms with Gasteiger partial charge in [-0.15, -0.1) is 0 Å². The Morgan fingerprint density at radius 2 is 1.79 bits per heavy atom. The first kappa shape index (κ1) is 22.0. The third-order valence-electron chi connectivity index (χ3n) is 4.79. The number of hydrogen-bond acceptors (Lipinski definition) is 5. The Bertz CT molecular complexity index is 880. The van der Waals surface area contributed by atoms with E-state index in [0.717, 1.165) is 12.8 Å². The van der Waals surface area contributed by atoms with E-state index in [1.807, 2.05) is 0 Å². The van der Waals surface area contributed by atoms with E-state index < -0.39 is 23.3 Å². The highest BCUT2D eigenvalue weighted by Crippen LogP contribution is 2.32. The van der Waals surface area contributed by atoms with Crippen molar-refractivity contribution in [2.24, 2.45) is 11.8 Å². The third-order valence-corrected chi connectivity index (χ3v) is 4.79. The average molecular weight is 397 g/mol. The normalized spacial score (nSPS) is 19.0. The predicted molar refractivity (Wildman–Crippen MR) is 104 cm³/mol. The van der Waals surface area contributed by atoms with Crippen LogP contribution >= 0.6 is 0 Å². The van der Waals surface area contributed by atoms with Crippen molar-refractivity contribution in [3.63, 3.8) is 0 Å². The summed E-state index contributed by atoms with van der Waals surface area (Å²) in [5, 5.41) is 22.4. The number of nitrogens with one attached hydrogen (secondary N) is 3. The van der Waals surface area contributed by atoms with Gasteiger partial charge < -0.3 is 15.7 Å². The van der Waals surface area contributed by atoms with E-state index in [4.69, 9.17) is 10.3 Å². The molecular weight excluding hydrogens is 374 g/mol. The molecule has 1 aromatic carbocycles. The maximum atomic E-state index is 12.4. The van der Waals surface area contributed by atoms with Crippen LogP contribution in [0.15, 0.2) is 24.3 Å². The van der Waals surface area contributed by atoms with Crippen molar-refractivity contribution in [1.82, 2.24) is 16.1 Å². The zero-order chi connectivity index (χ0) is 21.4. The summed E-state index contributed by atoms with van der Waals surface area (Å²) in [5.74, 6) is 9.62. The molecule has 1 saturated carbocycles. The van der Waals surface area contributed by atoms with E-state index in [-0.39, 0.29) is 12.2 Å². The summed E-state index contributed by atoms with van der Waals surface area (Å²) >= 11 is 0. The SMILES string of the molecule is CNC(=O)C(C)(NC(=O)c1ccc(C#CC#CC2CC(CO)C2)cc1)C(=O)NO. The van der Waals surface area contributed by atoms with E-state index >= 15 is 0 Å². The molecule has 8 heteroatoms. The van der Waals surface area contributed by atoms with E-state index in [0.29, 0.717) is 17.4 Å². The fourth-order valence-corrected chi connectivity index (χ4v) is 2.83. The molecule has 1 unspecified atom stereocenters. The Labute approximate surface area is 169 Å². The molecule has 29 heavy (non-hydrogen) atoms. The van der Waals surface area contributed by atoms with Gasteiger partial charge in [-0.2, -0.15) is 0 Å². The van der Waals surface area contributed by atoms with Gasteiger partial charge in [-0.3, -0.25) is 19.6 Å². The van der Waals surface area contributed by atoms with Crippen LogP contribution in [0.1, 0.15) is 35.7 Å². The molecule has 1 aliphatic carbocycles. The number of rotatable bonds is 5. The molecule has 3 amide bonds. The minimum Gasteiger partial charge on any atom is -0.396 e. The molecule has 0 saturated heterocycles. The standard InChI is InChI=1S/C21H23N3O5/c1-21(19(27)22-2,20(28)24-29)23-18(26)17-9-7-14(8-10-17)5-3-4-6-15-11-16(12-15)13-25/h7-10,15-16,25,29H,11-13H2,1-2H3,(H,22,27)(H,23,26)(H,24,28). The lowest BCUT2D eigenvalue weighted by Gasteiger charge is -2.29. The highest BCUT2D eigenvalue weighted by atomic mass is 16.5. The van der Waals surface area contributed by atoms with E-state index in [2.05, 4.69) is 34.3 Å². The molecule has 152 valence electrons. The highest BCUT2D eigenvalue weighted by molar-refractivity contribution is 6.12. The highest BCUT2D eigenvalue weighted by Gasteiger charge is 2.42. The average Bonchev–Trinajstić information content (AvgIpc) is 2.71. The van der Waals surface area contributed by atoms with E-state index in [9.17, 15) is 14.4 Å². The fourth-order valence-electron chi connectivity index (χ4n) is 2.83. The first-order valence-electron chi connectivity index (χ1n) is 9.05. The van der Waals surface area contributed by atoms with Crippen LogP contribution in [-0.2, 0) is 9.59 Å². The minimum atomic E-state index is -1.98. The van der Waals surface area contributed by atoms with Crippen molar-refractivity contribution in [2.45, 2.75) is 25.3 Å². The van der Waals surface area contributed by atoms with Crippen molar-refractivity contribution in [3.8, 4) is 23.7 Å². The summed E-state index contributed by atoms with van der Waals surface area (Å²) in [6.45, 7) is 1.38. The molecule has 5 N–H and O–H groups in total. The zero-order valence-electron chi connectivity index (χ0n) is 16.2. The van der Waals surface area contributed by atoms with Crippen LogP contribution in [0, 0.1) is 35.5 Å². The maximum absolute atomic E-state index is 12.4. The second kappa shape index (κ2) is 9.74. The quantitative estimate of drug-likeness (QED) is 0.203. The lowest BCUT2D eigenvalue weighted by Crippen LogP contribution is -2.64. The molecule has 1 atom stereocenters. The fraction of sp³-hybridized carbons (Fsp3) is 0.381. The number of aliphatic hydroxyl groups excluding tert-OH is 1. The largest absolute Gasteiger partial charge is 0.396 e. The molecule has 2 rings (SSSR count). The number of carbonyl (C=O) groups is 3. The van der Waals surface area contributed by atoms with Crippen molar-refractivity contribution in [1.29, 1.82) is 0 Å². The number of hydroxylamine groups is 1. The number of hydrogen-bond donors (Lipinski definition) is 5. The molecule has 1 fully saturated rings. The number of amides is 3. The molecule has 0 heterocycles. The Morgan fingerprint density at radius 3 is 2.34 bits per heavy atom. The molecule has 0 aliphatic heterocycles.